The van der Waals surface area contributed by atoms with Gasteiger partial charge in [0.05, 0.1) is 5.69 Å². The third-order valence-electron chi connectivity index (χ3n) is 3.69. The van der Waals surface area contributed by atoms with Gasteiger partial charge in [-0.25, -0.2) is 10.5 Å². The molecule has 0 fully saturated rings. The Morgan fingerprint density at radius 2 is 2.09 bits per heavy atom. The second-order valence-electron chi connectivity index (χ2n) is 6.06. The van der Waals surface area contributed by atoms with Crippen molar-refractivity contribution in [3.05, 3.63) is 42.0 Å². The molecular weight excluding hydrogens is 288 g/mol. The summed E-state index contributed by atoms with van der Waals surface area (Å²) < 4.78 is 5.84. The highest BCUT2D eigenvalue weighted by atomic mass is 16.3. The molecule has 3 rings (SSSR count). The van der Waals surface area contributed by atoms with Gasteiger partial charge in [-0.05, 0) is 42.7 Å². The predicted molar refractivity (Wildman–Crippen MR) is 92.3 cm³/mol. The molecule has 0 saturated carbocycles. The van der Waals surface area contributed by atoms with Crippen LogP contribution in [0.5, 0.6) is 0 Å². The third kappa shape index (κ3) is 3.08. The predicted octanol–water partition coefficient (Wildman–Crippen LogP) is 5.53. The third-order valence-corrected chi connectivity index (χ3v) is 3.69. The Labute approximate surface area is 135 Å². The Kier molecular flexibility index (Phi) is 4.10. The van der Waals surface area contributed by atoms with Crippen molar-refractivity contribution in [2.75, 3.05) is 11.9 Å². The summed E-state index contributed by atoms with van der Waals surface area (Å²) >= 11 is 0. The van der Waals surface area contributed by atoms with E-state index >= 15 is 0 Å². The number of para-hydroxylation sites is 1. The van der Waals surface area contributed by atoms with Crippen LogP contribution in [-0.2, 0) is 0 Å². The maximum Gasteiger partial charge on any atom is 0.227 e. The van der Waals surface area contributed by atoms with Crippen molar-refractivity contribution in [3.63, 3.8) is 0 Å². The highest BCUT2D eigenvalue weighted by Crippen LogP contribution is 2.32. The normalized spacial score (nSPS) is 11.1. The number of fused-ring (bicyclic) bond motifs is 1. The highest BCUT2D eigenvalue weighted by Gasteiger charge is 2.12. The van der Waals surface area contributed by atoms with E-state index in [9.17, 15) is 0 Å². The van der Waals surface area contributed by atoms with Crippen LogP contribution in [0.1, 0.15) is 19.4 Å². The van der Waals surface area contributed by atoms with Gasteiger partial charge in [0.15, 0.2) is 5.58 Å². The fraction of sp³-hybridized carbons (Fsp3) is 0.278. The molecule has 118 valence electrons. The topological polar surface area (TPSA) is 74.3 Å². The van der Waals surface area contributed by atoms with Gasteiger partial charge in [-0.1, -0.05) is 26.0 Å². The van der Waals surface area contributed by atoms with Crippen molar-refractivity contribution in [1.82, 2.24) is 4.98 Å². The van der Waals surface area contributed by atoms with E-state index in [1.807, 2.05) is 43.3 Å². The Hall–Kier alpha value is -2.69. The van der Waals surface area contributed by atoms with Crippen LogP contribution in [0, 0.1) is 18.4 Å². The molecule has 0 atom stereocenters. The van der Waals surface area contributed by atoms with Crippen molar-refractivity contribution in [1.29, 1.82) is 5.53 Å². The lowest BCUT2D eigenvalue weighted by Gasteiger charge is -2.11. The van der Waals surface area contributed by atoms with E-state index in [-0.39, 0.29) is 0 Å². The van der Waals surface area contributed by atoms with Gasteiger partial charge in [-0.2, -0.15) is 5.11 Å². The number of aryl methyl sites for hydroxylation is 1. The van der Waals surface area contributed by atoms with Crippen LogP contribution in [0.2, 0.25) is 0 Å². The summed E-state index contributed by atoms with van der Waals surface area (Å²) in [6.07, 6.45) is 0. The molecule has 5 nitrogen and oxygen atoms in total. The molecular formula is C18H20N4O. The van der Waals surface area contributed by atoms with E-state index < -0.39 is 0 Å². The Morgan fingerprint density at radius 3 is 2.78 bits per heavy atom. The average Bonchev–Trinajstić information content (AvgIpc) is 2.98. The number of anilines is 1. The van der Waals surface area contributed by atoms with Crippen molar-refractivity contribution >= 4 is 22.5 Å². The zero-order valence-corrected chi connectivity index (χ0v) is 13.6. The smallest absolute Gasteiger partial charge is 0.227 e. The second-order valence-corrected chi connectivity index (χ2v) is 6.06. The summed E-state index contributed by atoms with van der Waals surface area (Å²) in [6.45, 7) is 7.13. The maximum absolute atomic E-state index is 7.41. The number of nitrogens with one attached hydrogen (secondary N) is 2. The minimum absolute atomic E-state index is 0.522. The number of hydrogen-bond acceptors (Lipinski definition) is 5. The minimum atomic E-state index is 0.522. The molecule has 5 heteroatoms. The number of hydrogen-bond donors (Lipinski definition) is 2. The second kappa shape index (κ2) is 6.20. The molecule has 0 bridgehead atoms. The molecule has 0 aliphatic rings. The molecule has 0 radical (unpaired) electrons. The van der Waals surface area contributed by atoms with E-state index in [2.05, 4.69) is 29.3 Å². The molecule has 0 amide bonds. The van der Waals surface area contributed by atoms with Gasteiger partial charge in [-0.3, -0.25) is 0 Å². The molecule has 0 aliphatic heterocycles. The van der Waals surface area contributed by atoms with Gasteiger partial charge in [0.25, 0.3) is 0 Å². The number of oxazole rings is 1. The van der Waals surface area contributed by atoms with E-state index in [4.69, 9.17) is 9.95 Å². The summed E-state index contributed by atoms with van der Waals surface area (Å²) in [4.78, 5) is 4.57. The lowest BCUT2D eigenvalue weighted by Crippen LogP contribution is -2.07. The van der Waals surface area contributed by atoms with Gasteiger partial charge in [0.1, 0.15) is 11.2 Å². The van der Waals surface area contributed by atoms with Crippen LogP contribution in [0.25, 0.3) is 22.6 Å². The first-order chi connectivity index (χ1) is 11.1. The van der Waals surface area contributed by atoms with Gasteiger partial charge in [-0.15, -0.1) is 0 Å². The molecule has 3 aromatic rings. The van der Waals surface area contributed by atoms with E-state index in [0.29, 0.717) is 17.5 Å². The zero-order chi connectivity index (χ0) is 16.4. The lowest BCUT2D eigenvalue weighted by atomic mass is 10.1. The molecule has 1 heterocycles. The minimum Gasteiger partial charge on any atom is -0.436 e. The fourth-order valence-corrected chi connectivity index (χ4v) is 2.43. The largest absolute Gasteiger partial charge is 0.436 e. The molecule has 0 unspecified atom stereocenters. The summed E-state index contributed by atoms with van der Waals surface area (Å²) in [6, 6.07) is 11.6. The molecule has 2 N–H and O–H groups in total. The van der Waals surface area contributed by atoms with Crippen molar-refractivity contribution in [2.24, 2.45) is 11.0 Å². The first-order valence-corrected chi connectivity index (χ1v) is 7.70. The van der Waals surface area contributed by atoms with E-state index in [0.717, 1.165) is 34.5 Å². The Bertz CT molecular complexity index is 851. The van der Waals surface area contributed by atoms with Gasteiger partial charge >= 0.3 is 0 Å². The number of rotatable bonds is 5. The Balaban J connectivity index is 1.98. The van der Waals surface area contributed by atoms with E-state index in [1.54, 1.807) is 0 Å². The van der Waals surface area contributed by atoms with Gasteiger partial charge in [0, 0.05) is 12.1 Å². The zero-order valence-electron chi connectivity index (χ0n) is 13.6. The monoisotopic (exact) mass is 308 g/mol. The molecule has 0 saturated heterocycles. The summed E-state index contributed by atoms with van der Waals surface area (Å²) in [5.74, 6) is 1.07. The van der Waals surface area contributed by atoms with E-state index in [1.165, 1.54) is 0 Å². The van der Waals surface area contributed by atoms with Crippen molar-refractivity contribution < 1.29 is 4.42 Å². The Morgan fingerprint density at radius 1 is 1.26 bits per heavy atom. The SMILES string of the molecule is Cc1cccc2oc(-c3ccc(NCC(C)C)c(N=N)c3)nc12. The molecule has 0 spiro atoms. The highest BCUT2D eigenvalue weighted by molar-refractivity contribution is 5.80. The maximum atomic E-state index is 7.41. The van der Waals surface area contributed by atoms with Crippen LogP contribution < -0.4 is 5.32 Å². The summed E-state index contributed by atoms with van der Waals surface area (Å²) in [5, 5.41) is 6.94. The number of aromatic nitrogens is 1. The molecule has 23 heavy (non-hydrogen) atoms. The fourth-order valence-electron chi connectivity index (χ4n) is 2.43. The van der Waals surface area contributed by atoms with Crippen LogP contribution in [0.15, 0.2) is 45.9 Å². The first-order valence-electron chi connectivity index (χ1n) is 7.70. The summed E-state index contributed by atoms with van der Waals surface area (Å²) in [5.41, 5.74) is 12.4. The average molecular weight is 308 g/mol. The van der Waals surface area contributed by atoms with Crippen LogP contribution >= 0.6 is 0 Å². The van der Waals surface area contributed by atoms with Crippen LogP contribution in [-0.4, -0.2) is 11.5 Å². The number of benzene rings is 2. The quantitative estimate of drug-likeness (QED) is 0.608. The van der Waals surface area contributed by atoms with Gasteiger partial charge in [0.2, 0.25) is 5.89 Å². The van der Waals surface area contributed by atoms with Crippen LogP contribution in [0.3, 0.4) is 0 Å². The van der Waals surface area contributed by atoms with Crippen molar-refractivity contribution in [3.8, 4) is 11.5 Å². The molecule has 1 aromatic heterocycles. The summed E-state index contributed by atoms with van der Waals surface area (Å²) in [7, 11) is 0. The lowest BCUT2D eigenvalue weighted by molar-refractivity contribution is 0.620. The standard InChI is InChI=1S/C18H20N4O/c1-11(2)10-20-14-8-7-13(9-15(14)22-19)18-21-17-12(3)5-4-6-16(17)23-18/h4-9,11,19-20H,10H2,1-3H3. The van der Waals surface area contributed by atoms with Gasteiger partial charge < -0.3 is 9.73 Å². The number of nitrogens with zero attached hydrogens (tertiary/aromatic N) is 2. The van der Waals surface area contributed by atoms with Crippen molar-refractivity contribution in [2.45, 2.75) is 20.8 Å². The van der Waals surface area contributed by atoms with Crippen LogP contribution in [0.4, 0.5) is 11.4 Å². The molecule has 0 aliphatic carbocycles. The molecule has 2 aromatic carbocycles. The first kappa shape index (κ1) is 15.2.